The number of hydrogen-bond acceptors (Lipinski definition) is 7. The average Bonchev–Trinajstić information content (AvgIpc) is 3.07. The van der Waals surface area contributed by atoms with Gasteiger partial charge in [-0.2, -0.15) is 0 Å². The molecular weight excluding hydrogens is 454 g/mol. The Labute approximate surface area is 210 Å². The van der Waals surface area contributed by atoms with Gasteiger partial charge >= 0.3 is 5.97 Å². The largest absolute Gasteiger partial charge is 0.491 e. The minimum atomic E-state index is -0.349. The normalized spacial score (nSPS) is 13.4. The van der Waals surface area contributed by atoms with Crippen LogP contribution in [-0.2, 0) is 22.7 Å². The summed E-state index contributed by atoms with van der Waals surface area (Å²) in [6.45, 7) is 11.6. The molecule has 4 aromatic rings. The number of carbonyl (C=O) groups excluding carboxylic acids is 1. The molecule has 5 rings (SSSR count). The second-order valence-corrected chi connectivity index (χ2v) is 9.54. The van der Waals surface area contributed by atoms with Crippen LogP contribution in [-0.4, -0.2) is 39.1 Å². The van der Waals surface area contributed by atoms with E-state index in [1.165, 1.54) is 6.92 Å². The van der Waals surface area contributed by atoms with Crippen LogP contribution in [0.4, 0.5) is 5.82 Å². The molecule has 36 heavy (non-hydrogen) atoms. The monoisotopic (exact) mass is 485 g/mol. The minimum absolute atomic E-state index is 0.0573. The zero-order valence-corrected chi connectivity index (χ0v) is 21.4. The number of H-pyrrole nitrogens is 1. The van der Waals surface area contributed by atoms with E-state index in [0.717, 1.165) is 56.4 Å². The maximum Gasteiger partial charge on any atom is 0.303 e. The molecule has 186 valence electrons. The van der Waals surface area contributed by atoms with Crippen molar-refractivity contribution in [3.05, 3.63) is 64.9 Å². The first-order valence-corrected chi connectivity index (χ1v) is 12.3. The molecule has 3 heterocycles. The summed E-state index contributed by atoms with van der Waals surface area (Å²) in [6, 6.07) is 12.6. The number of fused-ring (bicyclic) bond motifs is 2. The van der Waals surface area contributed by atoms with Crippen LogP contribution in [0.5, 0.6) is 5.75 Å². The summed E-state index contributed by atoms with van der Waals surface area (Å²) >= 11 is 0. The van der Waals surface area contributed by atoms with Gasteiger partial charge in [-0.15, -0.1) is 0 Å². The summed E-state index contributed by atoms with van der Waals surface area (Å²) < 4.78 is 11.3. The van der Waals surface area contributed by atoms with E-state index in [2.05, 4.69) is 70.1 Å². The van der Waals surface area contributed by atoms with Crippen molar-refractivity contribution >= 4 is 22.8 Å². The van der Waals surface area contributed by atoms with Crippen molar-refractivity contribution in [2.45, 2.75) is 53.7 Å². The lowest BCUT2D eigenvalue weighted by Crippen LogP contribution is -2.28. The van der Waals surface area contributed by atoms with Crippen LogP contribution in [0.1, 0.15) is 55.2 Å². The molecule has 0 saturated heterocycles. The number of ether oxygens (including phenoxy) is 2. The molecule has 1 aliphatic heterocycles. The second-order valence-electron chi connectivity index (χ2n) is 9.54. The van der Waals surface area contributed by atoms with Gasteiger partial charge in [-0.25, -0.2) is 15.0 Å². The summed E-state index contributed by atoms with van der Waals surface area (Å²) in [4.78, 5) is 30.9. The van der Waals surface area contributed by atoms with Crippen LogP contribution >= 0.6 is 0 Å². The Kier molecular flexibility index (Phi) is 6.35. The lowest BCUT2D eigenvalue weighted by molar-refractivity contribution is -0.142. The van der Waals surface area contributed by atoms with Crippen molar-refractivity contribution in [2.24, 2.45) is 0 Å². The van der Waals surface area contributed by atoms with Gasteiger partial charge in [0.2, 0.25) is 0 Å². The van der Waals surface area contributed by atoms with Crippen LogP contribution in [0.2, 0.25) is 0 Å². The molecule has 0 spiro atoms. The summed E-state index contributed by atoms with van der Waals surface area (Å²) in [5.41, 5.74) is 7.30. The molecule has 0 bridgehead atoms. The standard InChI is InChI=1S/C28H31N5O3/c1-16(2)27-17(3)29-26(15-36-19(5)34)32-28(27)33-10-11-35-25-9-7-20(12-22(25)14-33)21-6-8-23-24(13-21)31-18(4)30-23/h6-9,12-13,16H,10-11,14-15H2,1-5H3,(H,30,31). The lowest BCUT2D eigenvalue weighted by atomic mass is 10.00. The summed E-state index contributed by atoms with van der Waals surface area (Å²) in [5.74, 6) is 3.05. The number of benzene rings is 2. The molecule has 2 aromatic heterocycles. The first kappa shape index (κ1) is 23.8. The number of rotatable bonds is 5. The van der Waals surface area contributed by atoms with Crippen LogP contribution < -0.4 is 9.64 Å². The highest BCUT2D eigenvalue weighted by Gasteiger charge is 2.24. The molecule has 8 nitrogen and oxygen atoms in total. The van der Waals surface area contributed by atoms with Crippen molar-refractivity contribution in [3.8, 4) is 16.9 Å². The highest BCUT2D eigenvalue weighted by Crippen LogP contribution is 2.34. The third-order valence-corrected chi connectivity index (χ3v) is 6.42. The van der Waals surface area contributed by atoms with E-state index in [1.807, 2.05) is 13.8 Å². The van der Waals surface area contributed by atoms with Crippen molar-refractivity contribution in [3.63, 3.8) is 0 Å². The molecule has 0 amide bonds. The SMILES string of the molecule is CC(=O)OCc1nc(C)c(C(C)C)c(N2CCOc3ccc(-c4ccc5[nH]c(C)nc5c4)cc3C2)n1. The smallest absolute Gasteiger partial charge is 0.303 e. The van der Waals surface area contributed by atoms with Gasteiger partial charge in [0.05, 0.1) is 17.6 Å². The van der Waals surface area contributed by atoms with Crippen molar-refractivity contribution in [1.29, 1.82) is 0 Å². The summed E-state index contributed by atoms with van der Waals surface area (Å²) in [6.07, 6.45) is 0. The molecule has 0 radical (unpaired) electrons. The van der Waals surface area contributed by atoms with E-state index >= 15 is 0 Å². The third-order valence-electron chi connectivity index (χ3n) is 6.42. The maximum absolute atomic E-state index is 11.4. The molecule has 1 N–H and O–H groups in total. The Balaban J connectivity index is 1.51. The average molecular weight is 486 g/mol. The first-order valence-electron chi connectivity index (χ1n) is 12.3. The molecule has 0 atom stereocenters. The van der Waals surface area contributed by atoms with Crippen molar-refractivity contribution in [2.75, 3.05) is 18.1 Å². The van der Waals surface area contributed by atoms with Gasteiger partial charge in [-0.3, -0.25) is 4.79 Å². The topological polar surface area (TPSA) is 93.2 Å². The number of aryl methyl sites for hydroxylation is 2. The van der Waals surface area contributed by atoms with Crippen LogP contribution in [0.25, 0.3) is 22.2 Å². The summed E-state index contributed by atoms with van der Waals surface area (Å²) in [5, 5.41) is 0. The maximum atomic E-state index is 11.4. The first-order chi connectivity index (χ1) is 17.3. The molecule has 0 fully saturated rings. The van der Waals surface area contributed by atoms with Crippen LogP contribution in [0.15, 0.2) is 36.4 Å². The Hall–Kier alpha value is -3.94. The quantitative estimate of drug-likeness (QED) is 0.387. The number of hydrogen-bond donors (Lipinski definition) is 1. The number of imidazole rings is 1. The number of aromatic amines is 1. The third kappa shape index (κ3) is 4.76. The number of nitrogens with zero attached hydrogens (tertiary/aromatic N) is 4. The van der Waals surface area contributed by atoms with Gasteiger partial charge in [0.1, 0.15) is 24.0 Å². The van der Waals surface area contributed by atoms with E-state index < -0.39 is 0 Å². The fourth-order valence-corrected chi connectivity index (χ4v) is 4.84. The van der Waals surface area contributed by atoms with Gasteiger partial charge in [0.15, 0.2) is 12.4 Å². The minimum Gasteiger partial charge on any atom is -0.491 e. The number of anilines is 1. The predicted molar refractivity (Wildman–Crippen MR) is 139 cm³/mol. The molecule has 0 aliphatic carbocycles. The van der Waals surface area contributed by atoms with Gasteiger partial charge in [-0.1, -0.05) is 26.0 Å². The van der Waals surface area contributed by atoms with Crippen molar-refractivity contribution in [1.82, 2.24) is 19.9 Å². The van der Waals surface area contributed by atoms with Gasteiger partial charge < -0.3 is 19.4 Å². The Morgan fingerprint density at radius 3 is 2.67 bits per heavy atom. The Morgan fingerprint density at radius 2 is 1.89 bits per heavy atom. The van der Waals surface area contributed by atoms with E-state index in [-0.39, 0.29) is 18.5 Å². The highest BCUT2D eigenvalue weighted by molar-refractivity contribution is 5.82. The Bertz CT molecular complexity index is 1440. The van der Waals surface area contributed by atoms with E-state index in [4.69, 9.17) is 14.5 Å². The molecule has 0 saturated carbocycles. The lowest BCUT2D eigenvalue weighted by Gasteiger charge is -2.26. The fraction of sp³-hybridized carbons (Fsp3) is 0.357. The number of carbonyl (C=O) groups is 1. The molecule has 2 aromatic carbocycles. The zero-order chi connectivity index (χ0) is 25.4. The molecule has 8 heteroatoms. The van der Waals surface area contributed by atoms with E-state index in [9.17, 15) is 4.79 Å². The van der Waals surface area contributed by atoms with Crippen LogP contribution in [0, 0.1) is 13.8 Å². The number of esters is 1. The Morgan fingerprint density at radius 1 is 1.11 bits per heavy atom. The van der Waals surface area contributed by atoms with E-state index in [0.29, 0.717) is 25.5 Å². The zero-order valence-electron chi connectivity index (χ0n) is 21.4. The molecule has 0 unspecified atom stereocenters. The van der Waals surface area contributed by atoms with Crippen molar-refractivity contribution < 1.29 is 14.3 Å². The summed E-state index contributed by atoms with van der Waals surface area (Å²) in [7, 11) is 0. The van der Waals surface area contributed by atoms with Gasteiger partial charge in [-0.05, 0) is 55.2 Å². The number of aromatic nitrogens is 4. The highest BCUT2D eigenvalue weighted by atomic mass is 16.5. The molecular formula is C28H31N5O3. The second kappa shape index (κ2) is 9.60. The van der Waals surface area contributed by atoms with Gasteiger partial charge in [0, 0.05) is 30.3 Å². The van der Waals surface area contributed by atoms with Crippen LogP contribution in [0.3, 0.4) is 0 Å². The fourth-order valence-electron chi connectivity index (χ4n) is 4.84. The van der Waals surface area contributed by atoms with Gasteiger partial charge in [0.25, 0.3) is 0 Å². The molecule has 1 aliphatic rings. The predicted octanol–water partition coefficient (Wildman–Crippen LogP) is 5.22. The number of nitrogens with one attached hydrogen (secondary N) is 1. The van der Waals surface area contributed by atoms with E-state index in [1.54, 1.807) is 0 Å².